The Morgan fingerprint density at radius 3 is 2.58 bits per heavy atom. The summed E-state index contributed by atoms with van der Waals surface area (Å²) in [7, 11) is 5.05. The van der Waals surface area contributed by atoms with Crippen LogP contribution in [0.4, 0.5) is 0 Å². The summed E-state index contributed by atoms with van der Waals surface area (Å²) in [6.45, 7) is 6.15. The van der Waals surface area contributed by atoms with Crippen LogP contribution in [0.25, 0.3) is 0 Å². The Balaban J connectivity index is 1.76. The van der Waals surface area contributed by atoms with Crippen LogP contribution in [0.15, 0.2) is 23.2 Å². The largest absolute Gasteiger partial charge is 0.493 e. The van der Waals surface area contributed by atoms with Gasteiger partial charge in [-0.1, -0.05) is 6.07 Å². The van der Waals surface area contributed by atoms with Crippen LogP contribution < -0.4 is 20.1 Å². The number of morpholine rings is 1. The molecule has 1 saturated heterocycles. The second-order valence-corrected chi connectivity index (χ2v) is 5.50. The number of hydrogen-bond donors (Lipinski definition) is 2. The fourth-order valence-electron chi connectivity index (χ4n) is 2.55. The van der Waals surface area contributed by atoms with Gasteiger partial charge >= 0.3 is 0 Å². The monoisotopic (exact) mass is 336 g/mol. The first-order valence-corrected chi connectivity index (χ1v) is 8.22. The van der Waals surface area contributed by atoms with E-state index in [0.29, 0.717) is 6.54 Å². The predicted molar refractivity (Wildman–Crippen MR) is 95.0 cm³/mol. The Morgan fingerprint density at radius 2 is 1.92 bits per heavy atom. The molecule has 0 radical (unpaired) electrons. The molecule has 7 heteroatoms. The zero-order chi connectivity index (χ0) is 17.2. The highest BCUT2D eigenvalue weighted by atomic mass is 16.5. The molecule has 1 aromatic rings. The van der Waals surface area contributed by atoms with Gasteiger partial charge in [0.25, 0.3) is 0 Å². The second-order valence-electron chi connectivity index (χ2n) is 5.50. The van der Waals surface area contributed by atoms with Crippen molar-refractivity contribution in [2.75, 3.05) is 60.7 Å². The molecule has 0 spiro atoms. The highest BCUT2D eigenvalue weighted by Gasteiger charge is 2.10. The van der Waals surface area contributed by atoms with Crippen LogP contribution in [-0.2, 0) is 11.3 Å². The Kier molecular flexibility index (Phi) is 7.64. The highest BCUT2D eigenvalue weighted by Crippen LogP contribution is 2.27. The highest BCUT2D eigenvalue weighted by molar-refractivity contribution is 5.79. The standard InChI is InChI=1S/C17H28N4O3/c1-18-17(19-6-7-21-8-10-24-11-9-21)20-13-14-4-5-15(22-2)16(12-14)23-3/h4-5,12H,6-11,13H2,1-3H3,(H2,18,19,20). The smallest absolute Gasteiger partial charge is 0.191 e. The molecule has 24 heavy (non-hydrogen) atoms. The van der Waals surface area contributed by atoms with Crippen molar-refractivity contribution in [3.8, 4) is 11.5 Å². The van der Waals surface area contributed by atoms with Gasteiger partial charge in [0.15, 0.2) is 17.5 Å². The molecule has 7 nitrogen and oxygen atoms in total. The van der Waals surface area contributed by atoms with Gasteiger partial charge in [-0.15, -0.1) is 0 Å². The van der Waals surface area contributed by atoms with Gasteiger partial charge in [-0.2, -0.15) is 0 Å². The number of benzene rings is 1. The number of ether oxygens (including phenoxy) is 3. The molecule has 0 bridgehead atoms. The van der Waals surface area contributed by atoms with Gasteiger partial charge in [0.1, 0.15) is 0 Å². The first kappa shape index (κ1) is 18.4. The minimum Gasteiger partial charge on any atom is -0.493 e. The first-order valence-electron chi connectivity index (χ1n) is 8.22. The Morgan fingerprint density at radius 1 is 1.17 bits per heavy atom. The van der Waals surface area contributed by atoms with Gasteiger partial charge in [-0.05, 0) is 17.7 Å². The lowest BCUT2D eigenvalue weighted by atomic mass is 10.2. The fourth-order valence-corrected chi connectivity index (χ4v) is 2.55. The molecule has 0 saturated carbocycles. The van der Waals surface area contributed by atoms with Gasteiger partial charge in [-0.25, -0.2) is 0 Å². The quantitative estimate of drug-likeness (QED) is 0.564. The van der Waals surface area contributed by atoms with Gasteiger partial charge in [0.05, 0.1) is 27.4 Å². The van der Waals surface area contributed by atoms with Crippen LogP contribution in [0.5, 0.6) is 11.5 Å². The number of nitrogens with one attached hydrogen (secondary N) is 2. The summed E-state index contributed by atoms with van der Waals surface area (Å²) < 4.78 is 15.9. The molecular weight excluding hydrogens is 308 g/mol. The van der Waals surface area contributed by atoms with E-state index in [1.54, 1.807) is 21.3 Å². The van der Waals surface area contributed by atoms with Crippen molar-refractivity contribution in [2.45, 2.75) is 6.54 Å². The summed E-state index contributed by atoms with van der Waals surface area (Å²) in [4.78, 5) is 6.64. The number of hydrogen-bond acceptors (Lipinski definition) is 5. The van der Waals surface area contributed by atoms with Crippen LogP contribution in [0.2, 0.25) is 0 Å². The maximum Gasteiger partial charge on any atom is 0.191 e. The summed E-state index contributed by atoms with van der Waals surface area (Å²) in [6, 6.07) is 5.88. The van der Waals surface area contributed by atoms with Crippen LogP contribution >= 0.6 is 0 Å². The Labute approximate surface area is 144 Å². The average Bonchev–Trinajstić information content (AvgIpc) is 2.65. The minimum atomic E-state index is 0.664. The lowest BCUT2D eigenvalue weighted by Crippen LogP contribution is -2.44. The molecule has 0 unspecified atom stereocenters. The Hall–Kier alpha value is -1.99. The van der Waals surface area contributed by atoms with Crippen molar-refractivity contribution in [1.29, 1.82) is 0 Å². The summed E-state index contributed by atoms with van der Waals surface area (Å²) in [5.74, 6) is 2.25. The molecule has 1 aromatic carbocycles. The van der Waals surface area contributed by atoms with Gasteiger partial charge in [-0.3, -0.25) is 9.89 Å². The number of aliphatic imine (C=N–C) groups is 1. The molecule has 1 heterocycles. The van der Waals surface area contributed by atoms with E-state index < -0.39 is 0 Å². The lowest BCUT2D eigenvalue weighted by molar-refractivity contribution is 0.0389. The lowest BCUT2D eigenvalue weighted by Gasteiger charge is -2.26. The number of rotatable bonds is 7. The van der Waals surface area contributed by atoms with Crippen molar-refractivity contribution in [2.24, 2.45) is 4.99 Å². The van der Waals surface area contributed by atoms with E-state index >= 15 is 0 Å². The molecule has 2 N–H and O–H groups in total. The van der Waals surface area contributed by atoms with E-state index in [-0.39, 0.29) is 0 Å². The third-order valence-electron chi connectivity index (χ3n) is 3.96. The fraction of sp³-hybridized carbons (Fsp3) is 0.588. The van der Waals surface area contributed by atoms with Crippen molar-refractivity contribution >= 4 is 5.96 Å². The van der Waals surface area contributed by atoms with E-state index in [1.807, 2.05) is 18.2 Å². The van der Waals surface area contributed by atoms with Crippen LogP contribution in [0.1, 0.15) is 5.56 Å². The molecule has 1 fully saturated rings. The SMILES string of the molecule is CN=C(NCCN1CCOCC1)NCc1ccc(OC)c(OC)c1. The summed E-state index contributed by atoms with van der Waals surface area (Å²) in [5, 5.41) is 6.65. The van der Waals surface area contributed by atoms with E-state index in [9.17, 15) is 0 Å². The molecule has 1 aliphatic heterocycles. The van der Waals surface area contributed by atoms with Crippen molar-refractivity contribution in [3.05, 3.63) is 23.8 Å². The summed E-state index contributed by atoms with van der Waals surface area (Å²) in [6.07, 6.45) is 0. The molecule has 0 aliphatic carbocycles. The average molecular weight is 336 g/mol. The maximum absolute atomic E-state index is 5.35. The van der Waals surface area contributed by atoms with Crippen molar-refractivity contribution < 1.29 is 14.2 Å². The topological polar surface area (TPSA) is 67.4 Å². The maximum atomic E-state index is 5.35. The third kappa shape index (κ3) is 5.58. The predicted octanol–water partition coefficient (Wildman–Crippen LogP) is 0.701. The first-order chi connectivity index (χ1) is 11.8. The second kappa shape index (κ2) is 10.00. The van der Waals surface area contributed by atoms with Gasteiger partial charge < -0.3 is 24.8 Å². The molecule has 0 atom stereocenters. The normalized spacial score (nSPS) is 15.9. The minimum absolute atomic E-state index is 0.664. The molecule has 2 rings (SSSR count). The van der Waals surface area contributed by atoms with Crippen molar-refractivity contribution in [3.63, 3.8) is 0 Å². The van der Waals surface area contributed by atoms with E-state index in [1.165, 1.54) is 0 Å². The Bertz CT molecular complexity index is 531. The van der Waals surface area contributed by atoms with E-state index in [2.05, 4.69) is 20.5 Å². The van der Waals surface area contributed by atoms with E-state index in [4.69, 9.17) is 14.2 Å². The molecule has 0 amide bonds. The number of methoxy groups -OCH3 is 2. The zero-order valence-electron chi connectivity index (χ0n) is 14.8. The van der Waals surface area contributed by atoms with Crippen molar-refractivity contribution in [1.82, 2.24) is 15.5 Å². The molecular formula is C17H28N4O3. The number of guanidine groups is 1. The van der Waals surface area contributed by atoms with Crippen LogP contribution in [0.3, 0.4) is 0 Å². The van der Waals surface area contributed by atoms with E-state index in [0.717, 1.165) is 62.4 Å². The summed E-state index contributed by atoms with van der Waals surface area (Å²) in [5.41, 5.74) is 1.10. The van der Waals surface area contributed by atoms with Gasteiger partial charge in [0.2, 0.25) is 0 Å². The molecule has 0 aromatic heterocycles. The van der Waals surface area contributed by atoms with Crippen LogP contribution in [0, 0.1) is 0 Å². The molecule has 134 valence electrons. The third-order valence-corrected chi connectivity index (χ3v) is 3.96. The summed E-state index contributed by atoms with van der Waals surface area (Å²) >= 11 is 0. The zero-order valence-corrected chi connectivity index (χ0v) is 14.8. The van der Waals surface area contributed by atoms with Crippen LogP contribution in [-0.4, -0.2) is 71.5 Å². The van der Waals surface area contributed by atoms with Gasteiger partial charge in [0, 0.05) is 39.8 Å². The molecule has 1 aliphatic rings. The number of nitrogens with zero attached hydrogens (tertiary/aromatic N) is 2.